The number of hydrogen-bond acceptors (Lipinski definition) is 5. The highest BCUT2D eigenvalue weighted by molar-refractivity contribution is 5.49. The molecule has 0 saturated carbocycles. The highest BCUT2D eigenvalue weighted by Gasteiger charge is 2.13. The van der Waals surface area contributed by atoms with E-state index < -0.39 is 0 Å². The van der Waals surface area contributed by atoms with Crippen LogP contribution in [0.15, 0.2) is 11.0 Å². The third-order valence-electron chi connectivity index (χ3n) is 2.32. The predicted octanol–water partition coefficient (Wildman–Crippen LogP) is -0.720. The van der Waals surface area contributed by atoms with Crippen LogP contribution < -0.4 is 16.7 Å². The van der Waals surface area contributed by atoms with Crippen LogP contribution in [0.1, 0.15) is 18.5 Å². The van der Waals surface area contributed by atoms with E-state index in [9.17, 15) is 4.79 Å². The van der Waals surface area contributed by atoms with Crippen molar-refractivity contribution < 1.29 is 0 Å². The average Bonchev–Trinajstić information content (AvgIpc) is 2.60. The summed E-state index contributed by atoms with van der Waals surface area (Å²) in [6.45, 7) is 1.95. The molecule has 2 heterocycles. The lowest BCUT2D eigenvalue weighted by Gasteiger charge is -2.06. The second-order valence-corrected chi connectivity index (χ2v) is 3.27. The number of nitrogens with two attached hydrogens (primary N) is 1. The second kappa shape index (κ2) is 3.35. The Hall–Kier alpha value is -1.89. The molecule has 80 valence electrons. The van der Waals surface area contributed by atoms with E-state index in [0.717, 1.165) is 5.56 Å². The largest absolute Gasteiger partial charge is 0.369 e. The van der Waals surface area contributed by atoms with Crippen LogP contribution in [0.25, 0.3) is 5.65 Å². The topological polar surface area (TPSA) is 101 Å². The van der Waals surface area contributed by atoms with E-state index in [1.807, 2.05) is 14.0 Å². The van der Waals surface area contributed by atoms with Crippen molar-refractivity contribution >= 4 is 11.6 Å². The van der Waals surface area contributed by atoms with Crippen LogP contribution in [0.3, 0.4) is 0 Å². The molecule has 0 aliphatic rings. The van der Waals surface area contributed by atoms with Gasteiger partial charge in [-0.15, -0.1) is 0 Å². The molecule has 2 aromatic heterocycles. The van der Waals surface area contributed by atoms with Crippen molar-refractivity contribution in [3.63, 3.8) is 0 Å². The van der Waals surface area contributed by atoms with E-state index in [0.29, 0.717) is 5.65 Å². The number of anilines is 1. The normalized spacial score (nSPS) is 13.2. The third kappa shape index (κ3) is 1.46. The molecule has 0 radical (unpaired) electrons. The van der Waals surface area contributed by atoms with Crippen molar-refractivity contribution in [1.82, 2.24) is 24.9 Å². The van der Waals surface area contributed by atoms with E-state index in [1.54, 1.807) is 6.20 Å². The Labute approximate surface area is 85.3 Å². The fourth-order valence-corrected chi connectivity index (χ4v) is 1.38. The molecule has 0 bridgehead atoms. The lowest BCUT2D eigenvalue weighted by atomic mass is 10.2. The second-order valence-electron chi connectivity index (χ2n) is 3.27. The number of H-pyrrole nitrogens is 1. The number of aromatic amines is 1. The van der Waals surface area contributed by atoms with E-state index in [-0.39, 0.29) is 17.7 Å². The molecular formula is C8H12N6O. The monoisotopic (exact) mass is 208 g/mol. The zero-order chi connectivity index (χ0) is 11.0. The summed E-state index contributed by atoms with van der Waals surface area (Å²) >= 11 is 0. The van der Waals surface area contributed by atoms with Crippen LogP contribution >= 0.6 is 0 Å². The molecule has 7 heteroatoms. The summed E-state index contributed by atoms with van der Waals surface area (Å²) in [6, 6.07) is 0.0659. The Kier molecular flexibility index (Phi) is 2.16. The maximum Gasteiger partial charge on any atom is 0.350 e. The van der Waals surface area contributed by atoms with E-state index >= 15 is 0 Å². The predicted molar refractivity (Wildman–Crippen MR) is 55.5 cm³/mol. The fraction of sp³-hybridized carbons (Fsp3) is 0.375. The number of nitrogen functional groups attached to an aromatic ring is 1. The molecular weight excluding hydrogens is 196 g/mol. The van der Waals surface area contributed by atoms with Crippen LogP contribution in [0.4, 0.5) is 5.95 Å². The highest BCUT2D eigenvalue weighted by atomic mass is 16.1. The number of fused-ring (bicyclic) bond motifs is 1. The van der Waals surface area contributed by atoms with Crippen molar-refractivity contribution in [3.05, 3.63) is 22.2 Å². The molecule has 15 heavy (non-hydrogen) atoms. The van der Waals surface area contributed by atoms with E-state index in [2.05, 4.69) is 20.4 Å². The summed E-state index contributed by atoms with van der Waals surface area (Å²) in [5.74, 6) is 0.0950. The van der Waals surface area contributed by atoms with Gasteiger partial charge >= 0.3 is 5.69 Å². The van der Waals surface area contributed by atoms with Gasteiger partial charge in [-0.25, -0.2) is 4.79 Å². The van der Waals surface area contributed by atoms with Gasteiger partial charge < -0.3 is 11.1 Å². The van der Waals surface area contributed by atoms with Gasteiger partial charge in [-0.3, -0.25) is 4.98 Å². The van der Waals surface area contributed by atoms with Crippen molar-refractivity contribution in [2.45, 2.75) is 13.0 Å². The maximum absolute atomic E-state index is 11.4. The molecule has 0 amide bonds. The van der Waals surface area contributed by atoms with Crippen molar-refractivity contribution in [2.75, 3.05) is 12.8 Å². The molecule has 1 atom stereocenters. The van der Waals surface area contributed by atoms with Gasteiger partial charge in [0.15, 0.2) is 5.65 Å². The molecule has 4 N–H and O–H groups in total. The minimum Gasteiger partial charge on any atom is -0.369 e. The van der Waals surface area contributed by atoms with Crippen LogP contribution in [0.5, 0.6) is 0 Å². The van der Waals surface area contributed by atoms with Gasteiger partial charge in [-0.1, -0.05) is 0 Å². The smallest absolute Gasteiger partial charge is 0.350 e. The Bertz CT molecular complexity index is 542. The van der Waals surface area contributed by atoms with Gasteiger partial charge in [-0.2, -0.15) is 14.6 Å². The summed E-state index contributed by atoms with van der Waals surface area (Å²) in [7, 11) is 1.82. The molecule has 2 aromatic rings. The highest BCUT2D eigenvalue weighted by Crippen LogP contribution is 2.15. The van der Waals surface area contributed by atoms with Gasteiger partial charge in [0, 0.05) is 11.6 Å². The van der Waals surface area contributed by atoms with Gasteiger partial charge in [0.25, 0.3) is 0 Å². The van der Waals surface area contributed by atoms with Gasteiger partial charge in [-0.05, 0) is 14.0 Å². The fourth-order valence-electron chi connectivity index (χ4n) is 1.38. The molecule has 0 saturated heterocycles. The molecule has 2 rings (SSSR count). The van der Waals surface area contributed by atoms with Crippen LogP contribution in [-0.4, -0.2) is 26.6 Å². The summed E-state index contributed by atoms with van der Waals surface area (Å²) in [6.07, 6.45) is 1.61. The first-order chi connectivity index (χ1) is 7.13. The lowest BCUT2D eigenvalue weighted by molar-refractivity contribution is 0.655. The quantitative estimate of drug-likeness (QED) is 0.604. The summed E-state index contributed by atoms with van der Waals surface area (Å²) in [5, 5.41) is 7.00. The lowest BCUT2D eigenvalue weighted by Crippen LogP contribution is -2.21. The van der Waals surface area contributed by atoms with Crippen LogP contribution in [-0.2, 0) is 0 Å². The summed E-state index contributed by atoms with van der Waals surface area (Å²) < 4.78 is 1.19. The van der Waals surface area contributed by atoms with E-state index in [4.69, 9.17) is 5.73 Å². The standard InChI is InChI=1S/C8H12N6O/c1-4(10-2)5-3-11-14-6(5)12-7(9)13-8(14)15/h3-4,10H,1-2H3,(H3,9,12,13,15). The maximum atomic E-state index is 11.4. The molecule has 0 aromatic carbocycles. The number of rotatable bonds is 2. The Balaban J connectivity index is 2.74. The third-order valence-corrected chi connectivity index (χ3v) is 2.32. The first-order valence-corrected chi connectivity index (χ1v) is 4.54. The van der Waals surface area contributed by atoms with Crippen molar-refractivity contribution in [1.29, 1.82) is 0 Å². The summed E-state index contributed by atoms with van der Waals surface area (Å²) in [5.41, 5.74) is 6.41. The Morgan fingerprint density at radius 1 is 1.67 bits per heavy atom. The minimum absolute atomic E-state index is 0.0659. The van der Waals surface area contributed by atoms with Crippen molar-refractivity contribution in [2.24, 2.45) is 0 Å². The van der Waals surface area contributed by atoms with Crippen molar-refractivity contribution in [3.8, 4) is 0 Å². The number of hydrogen-bond donors (Lipinski definition) is 3. The van der Waals surface area contributed by atoms with Gasteiger partial charge in [0.2, 0.25) is 5.95 Å². The van der Waals surface area contributed by atoms with E-state index in [1.165, 1.54) is 4.52 Å². The zero-order valence-electron chi connectivity index (χ0n) is 8.48. The average molecular weight is 208 g/mol. The van der Waals surface area contributed by atoms with Gasteiger partial charge in [0.05, 0.1) is 6.20 Å². The zero-order valence-corrected chi connectivity index (χ0v) is 8.48. The van der Waals surface area contributed by atoms with Gasteiger partial charge in [0.1, 0.15) is 0 Å². The number of aromatic nitrogens is 4. The SMILES string of the molecule is CNC(C)c1cnn2c(=O)[nH]c(N)nc12. The Morgan fingerprint density at radius 2 is 2.40 bits per heavy atom. The minimum atomic E-state index is -0.382. The Morgan fingerprint density at radius 3 is 3.07 bits per heavy atom. The molecule has 0 fully saturated rings. The van der Waals surface area contributed by atoms with Crippen LogP contribution in [0.2, 0.25) is 0 Å². The first-order valence-electron chi connectivity index (χ1n) is 4.54. The van der Waals surface area contributed by atoms with Crippen LogP contribution in [0, 0.1) is 0 Å². The molecule has 7 nitrogen and oxygen atoms in total. The molecule has 0 aliphatic carbocycles. The summed E-state index contributed by atoms with van der Waals surface area (Å²) in [4.78, 5) is 17.9. The first kappa shape index (κ1) is 9.66. The molecule has 0 aliphatic heterocycles. The molecule has 1 unspecified atom stereocenters. The number of nitrogens with zero attached hydrogens (tertiary/aromatic N) is 3. The molecule has 0 spiro atoms. The number of nitrogens with one attached hydrogen (secondary N) is 2.